The molecule has 0 aromatic carbocycles. The van der Waals surface area contributed by atoms with Crippen LogP contribution in [0.3, 0.4) is 0 Å². The van der Waals surface area contributed by atoms with Crippen molar-refractivity contribution in [1.29, 1.82) is 0 Å². The molecule has 0 radical (unpaired) electrons. The van der Waals surface area contributed by atoms with Crippen molar-refractivity contribution in [3.8, 4) is 10.7 Å². The number of thiophene rings is 1. The summed E-state index contributed by atoms with van der Waals surface area (Å²) in [6.07, 6.45) is 5.56. The van der Waals surface area contributed by atoms with Gasteiger partial charge in [-0.3, -0.25) is 0 Å². The number of aromatic nitrogens is 4. The molecule has 1 aliphatic rings. The standard InChI is InChI=1S/C14H13ClN4O2S/c15-11-4-3-10(22-11)13-16-5-6-19(13)8-12-17-14(21-18-12)9-2-1-7-20-9/h3-6,9H,1-2,7-8H2/t9-/m1/s1. The zero-order valence-corrected chi connectivity index (χ0v) is 13.2. The summed E-state index contributed by atoms with van der Waals surface area (Å²) in [5.74, 6) is 2.03. The van der Waals surface area contributed by atoms with Crippen molar-refractivity contribution in [2.45, 2.75) is 25.5 Å². The number of ether oxygens (including phenoxy) is 1. The molecule has 0 unspecified atom stereocenters. The van der Waals surface area contributed by atoms with Gasteiger partial charge in [0, 0.05) is 19.0 Å². The lowest BCUT2D eigenvalue weighted by molar-refractivity contribution is 0.0835. The van der Waals surface area contributed by atoms with Crippen LogP contribution in [-0.4, -0.2) is 26.3 Å². The van der Waals surface area contributed by atoms with Gasteiger partial charge in [0.05, 0.1) is 15.8 Å². The smallest absolute Gasteiger partial charge is 0.255 e. The van der Waals surface area contributed by atoms with Crippen LogP contribution in [0, 0.1) is 0 Å². The number of hydrogen-bond acceptors (Lipinski definition) is 6. The fourth-order valence-corrected chi connectivity index (χ4v) is 3.54. The number of nitrogens with zero attached hydrogens (tertiary/aromatic N) is 4. The van der Waals surface area contributed by atoms with Crippen molar-refractivity contribution < 1.29 is 9.26 Å². The topological polar surface area (TPSA) is 66.0 Å². The van der Waals surface area contributed by atoms with E-state index in [1.54, 1.807) is 6.20 Å². The van der Waals surface area contributed by atoms with E-state index in [-0.39, 0.29) is 6.10 Å². The molecule has 0 N–H and O–H groups in total. The highest BCUT2D eigenvalue weighted by Crippen LogP contribution is 2.30. The molecule has 4 heterocycles. The van der Waals surface area contributed by atoms with E-state index in [4.69, 9.17) is 20.9 Å². The van der Waals surface area contributed by atoms with Crippen LogP contribution in [0.25, 0.3) is 10.7 Å². The van der Waals surface area contributed by atoms with Gasteiger partial charge >= 0.3 is 0 Å². The van der Waals surface area contributed by atoms with E-state index in [0.717, 1.165) is 34.5 Å². The summed E-state index contributed by atoms with van der Waals surface area (Å²) in [7, 11) is 0. The van der Waals surface area contributed by atoms with E-state index in [1.165, 1.54) is 11.3 Å². The van der Waals surface area contributed by atoms with E-state index in [2.05, 4.69) is 15.1 Å². The normalized spacial score (nSPS) is 18.1. The van der Waals surface area contributed by atoms with Gasteiger partial charge < -0.3 is 13.8 Å². The fraction of sp³-hybridized carbons (Fsp3) is 0.357. The fourth-order valence-electron chi connectivity index (χ4n) is 2.48. The Balaban J connectivity index is 1.55. The van der Waals surface area contributed by atoms with Crippen molar-refractivity contribution >= 4 is 22.9 Å². The van der Waals surface area contributed by atoms with Crippen molar-refractivity contribution in [3.05, 3.63) is 40.6 Å². The number of hydrogen-bond donors (Lipinski definition) is 0. The highest BCUT2D eigenvalue weighted by atomic mass is 35.5. The van der Waals surface area contributed by atoms with E-state index < -0.39 is 0 Å². The van der Waals surface area contributed by atoms with Crippen LogP contribution in [0.4, 0.5) is 0 Å². The zero-order valence-electron chi connectivity index (χ0n) is 11.6. The third kappa shape index (κ3) is 2.67. The van der Waals surface area contributed by atoms with E-state index in [0.29, 0.717) is 18.3 Å². The molecule has 0 saturated carbocycles. The lowest BCUT2D eigenvalue weighted by atomic mass is 10.2. The summed E-state index contributed by atoms with van der Waals surface area (Å²) in [5, 5.41) is 4.04. The van der Waals surface area contributed by atoms with Crippen LogP contribution in [0.2, 0.25) is 4.34 Å². The molecule has 0 spiro atoms. The van der Waals surface area contributed by atoms with E-state index >= 15 is 0 Å². The summed E-state index contributed by atoms with van der Waals surface area (Å²) >= 11 is 7.49. The molecule has 6 nitrogen and oxygen atoms in total. The molecule has 0 amide bonds. The summed E-state index contributed by atoms with van der Waals surface area (Å²) < 4.78 is 13.6. The van der Waals surface area contributed by atoms with Gasteiger partial charge in [-0.1, -0.05) is 16.8 Å². The molecule has 0 bridgehead atoms. The molecule has 4 rings (SSSR count). The first-order chi connectivity index (χ1) is 10.8. The van der Waals surface area contributed by atoms with Crippen molar-refractivity contribution in [3.63, 3.8) is 0 Å². The molecule has 1 aliphatic heterocycles. The molecule has 1 atom stereocenters. The van der Waals surface area contributed by atoms with Gasteiger partial charge in [-0.2, -0.15) is 4.98 Å². The van der Waals surface area contributed by atoms with Crippen LogP contribution >= 0.6 is 22.9 Å². The number of halogens is 1. The van der Waals surface area contributed by atoms with Gasteiger partial charge in [0.1, 0.15) is 11.9 Å². The molecule has 22 heavy (non-hydrogen) atoms. The second-order valence-corrected chi connectivity index (χ2v) is 6.75. The Hall–Kier alpha value is -1.70. The molecule has 1 fully saturated rings. The average molecular weight is 337 g/mol. The Morgan fingerprint density at radius 3 is 3.14 bits per heavy atom. The van der Waals surface area contributed by atoms with E-state index in [1.807, 2.05) is 22.9 Å². The summed E-state index contributed by atoms with van der Waals surface area (Å²) in [5.41, 5.74) is 0. The monoisotopic (exact) mass is 336 g/mol. The van der Waals surface area contributed by atoms with Gasteiger partial charge in [-0.15, -0.1) is 11.3 Å². The lowest BCUT2D eigenvalue weighted by Gasteiger charge is -2.03. The molecule has 8 heteroatoms. The maximum absolute atomic E-state index is 5.99. The second-order valence-electron chi connectivity index (χ2n) is 5.03. The molecular formula is C14H13ClN4O2S. The Bertz CT molecular complexity index is 775. The van der Waals surface area contributed by atoms with Gasteiger partial charge in [0.25, 0.3) is 5.89 Å². The largest absolute Gasteiger partial charge is 0.368 e. The van der Waals surface area contributed by atoms with E-state index in [9.17, 15) is 0 Å². The third-order valence-corrected chi connectivity index (χ3v) is 4.74. The molecule has 3 aromatic heterocycles. The summed E-state index contributed by atoms with van der Waals surface area (Å²) in [6.45, 7) is 1.26. The Morgan fingerprint density at radius 1 is 1.41 bits per heavy atom. The maximum Gasteiger partial charge on any atom is 0.255 e. The second kappa shape index (κ2) is 5.83. The Labute approximate surface area is 135 Å². The van der Waals surface area contributed by atoms with Crippen LogP contribution in [0.5, 0.6) is 0 Å². The van der Waals surface area contributed by atoms with Crippen molar-refractivity contribution in [2.75, 3.05) is 6.61 Å². The molecular weight excluding hydrogens is 324 g/mol. The van der Waals surface area contributed by atoms with Gasteiger partial charge in [0.15, 0.2) is 5.82 Å². The van der Waals surface area contributed by atoms with Gasteiger partial charge in [0.2, 0.25) is 0 Å². The van der Waals surface area contributed by atoms with Crippen molar-refractivity contribution in [1.82, 2.24) is 19.7 Å². The third-order valence-electron chi connectivity index (χ3n) is 3.51. The first kappa shape index (κ1) is 13.9. The molecule has 3 aromatic rings. The number of imidazole rings is 1. The Kier molecular flexibility index (Phi) is 3.69. The Morgan fingerprint density at radius 2 is 2.36 bits per heavy atom. The minimum atomic E-state index is -0.0559. The number of rotatable bonds is 4. The van der Waals surface area contributed by atoms with Crippen molar-refractivity contribution in [2.24, 2.45) is 0 Å². The van der Waals surface area contributed by atoms with Gasteiger partial charge in [-0.25, -0.2) is 4.98 Å². The lowest BCUT2D eigenvalue weighted by Crippen LogP contribution is -2.03. The maximum atomic E-state index is 5.99. The quantitative estimate of drug-likeness (QED) is 0.729. The van der Waals surface area contributed by atoms with Crippen LogP contribution in [0.15, 0.2) is 29.0 Å². The predicted molar refractivity (Wildman–Crippen MR) is 81.9 cm³/mol. The minimum absolute atomic E-state index is 0.0559. The first-order valence-corrected chi connectivity index (χ1v) is 8.20. The highest BCUT2D eigenvalue weighted by molar-refractivity contribution is 7.19. The average Bonchev–Trinajstić information content (AvgIpc) is 3.26. The highest BCUT2D eigenvalue weighted by Gasteiger charge is 2.24. The molecule has 1 saturated heterocycles. The zero-order chi connectivity index (χ0) is 14.9. The van der Waals surface area contributed by atoms with Crippen LogP contribution in [0.1, 0.15) is 30.7 Å². The molecule has 0 aliphatic carbocycles. The predicted octanol–water partition coefficient (Wildman–Crippen LogP) is 3.55. The first-order valence-electron chi connectivity index (χ1n) is 7.00. The summed E-state index contributed by atoms with van der Waals surface area (Å²) in [4.78, 5) is 9.83. The molecule has 114 valence electrons. The van der Waals surface area contributed by atoms with Crippen LogP contribution < -0.4 is 0 Å². The summed E-state index contributed by atoms with van der Waals surface area (Å²) in [6, 6.07) is 3.82. The SMILES string of the molecule is Clc1ccc(-c2nccn2Cc2noc([C@H]3CCCO3)n2)s1. The van der Waals surface area contributed by atoms with Crippen LogP contribution in [-0.2, 0) is 11.3 Å². The van der Waals surface area contributed by atoms with Gasteiger partial charge in [-0.05, 0) is 25.0 Å². The minimum Gasteiger partial charge on any atom is -0.368 e.